The van der Waals surface area contributed by atoms with Gasteiger partial charge < -0.3 is 10.4 Å². The Morgan fingerprint density at radius 1 is 1.56 bits per heavy atom. The normalized spacial score (nSPS) is 16.4. The van der Waals surface area contributed by atoms with Crippen molar-refractivity contribution >= 4 is 23.3 Å². The lowest BCUT2D eigenvalue weighted by molar-refractivity contribution is -0.153. The van der Waals surface area contributed by atoms with Crippen molar-refractivity contribution < 1.29 is 9.90 Å². The second-order valence-corrected chi connectivity index (χ2v) is 5.03. The number of aliphatic carboxylic acids is 1. The minimum absolute atomic E-state index is 0.346. The summed E-state index contributed by atoms with van der Waals surface area (Å²) in [7, 11) is 0. The van der Waals surface area contributed by atoms with Crippen LogP contribution in [0.2, 0.25) is 5.02 Å². The molecule has 0 spiro atoms. The van der Waals surface area contributed by atoms with E-state index in [1.54, 1.807) is 18.2 Å². The fourth-order valence-corrected chi connectivity index (χ4v) is 2.27. The first-order valence-electron chi connectivity index (χ1n) is 5.74. The zero-order valence-corrected chi connectivity index (χ0v) is 10.5. The van der Waals surface area contributed by atoms with Gasteiger partial charge in [-0.1, -0.05) is 18.0 Å². The average molecular weight is 265 g/mol. The van der Waals surface area contributed by atoms with Crippen molar-refractivity contribution in [3.63, 3.8) is 0 Å². The van der Waals surface area contributed by atoms with E-state index in [4.69, 9.17) is 16.9 Å². The number of carboxylic acids is 1. The molecule has 0 radical (unpaired) electrons. The van der Waals surface area contributed by atoms with Crippen LogP contribution in [0.3, 0.4) is 0 Å². The number of rotatable bonds is 4. The van der Waals surface area contributed by atoms with E-state index < -0.39 is 11.4 Å². The van der Waals surface area contributed by atoms with Crippen LogP contribution in [0.4, 0.5) is 5.69 Å². The van der Waals surface area contributed by atoms with Gasteiger partial charge in [0, 0.05) is 11.6 Å². The summed E-state index contributed by atoms with van der Waals surface area (Å²) in [6.45, 7) is 0.346. The van der Waals surface area contributed by atoms with Crippen LogP contribution in [0.15, 0.2) is 18.2 Å². The molecule has 0 unspecified atom stereocenters. The molecule has 94 valence electrons. The van der Waals surface area contributed by atoms with E-state index >= 15 is 0 Å². The van der Waals surface area contributed by atoms with E-state index in [0.29, 0.717) is 35.7 Å². The maximum absolute atomic E-state index is 11.2. The molecule has 0 saturated heterocycles. The highest BCUT2D eigenvalue weighted by atomic mass is 35.5. The number of carboxylic acid groups (broad SMARTS) is 1. The van der Waals surface area contributed by atoms with Gasteiger partial charge in [-0.3, -0.25) is 4.79 Å². The lowest BCUT2D eigenvalue weighted by Crippen LogP contribution is -2.43. The Kier molecular flexibility index (Phi) is 3.44. The summed E-state index contributed by atoms with van der Waals surface area (Å²) in [5, 5.41) is 21.7. The van der Waals surface area contributed by atoms with Gasteiger partial charge >= 0.3 is 5.97 Å². The minimum Gasteiger partial charge on any atom is -0.481 e. The van der Waals surface area contributed by atoms with Crippen molar-refractivity contribution in [1.82, 2.24) is 0 Å². The van der Waals surface area contributed by atoms with E-state index in [2.05, 4.69) is 5.32 Å². The van der Waals surface area contributed by atoms with E-state index in [-0.39, 0.29) is 0 Å². The molecule has 4 nitrogen and oxygen atoms in total. The Bertz CT molecular complexity index is 518. The zero-order chi connectivity index (χ0) is 13.2. The highest BCUT2D eigenvalue weighted by molar-refractivity contribution is 6.30. The second kappa shape index (κ2) is 4.87. The Balaban J connectivity index is 2.11. The molecule has 0 bridgehead atoms. The number of benzene rings is 1. The van der Waals surface area contributed by atoms with Crippen LogP contribution < -0.4 is 5.32 Å². The van der Waals surface area contributed by atoms with E-state index in [0.717, 1.165) is 6.42 Å². The monoisotopic (exact) mass is 264 g/mol. The number of hydrogen-bond donors (Lipinski definition) is 2. The number of halogens is 1. The molecular weight excluding hydrogens is 252 g/mol. The van der Waals surface area contributed by atoms with Crippen LogP contribution in [0.5, 0.6) is 0 Å². The third-order valence-corrected chi connectivity index (χ3v) is 3.72. The summed E-state index contributed by atoms with van der Waals surface area (Å²) >= 11 is 5.80. The molecule has 1 saturated carbocycles. The van der Waals surface area contributed by atoms with Crippen molar-refractivity contribution in [1.29, 1.82) is 5.26 Å². The van der Waals surface area contributed by atoms with Crippen molar-refractivity contribution in [2.24, 2.45) is 5.41 Å². The van der Waals surface area contributed by atoms with Gasteiger partial charge in [0.05, 0.1) is 16.7 Å². The van der Waals surface area contributed by atoms with Gasteiger partial charge in [0.25, 0.3) is 0 Å². The van der Waals surface area contributed by atoms with Crippen LogP contribution in [0.25, 0.3) is 0 Å². The molecule has 0 heterocycles. The predicted octanol–water partition coefficient (Wildman–Crippen LogP) is 2.88. The summed E-state index contributed by atoms with van der Waals surface area (Å²) < 4.78 is 0. The summed E-state index contributed by atoms with van der Waals surface area (Å²) in [5.74, 6) is -0.770. The largest absolute Gasteiger partial charge is 0.481 e. The first-order valence-corrected chi connectivity index (χ1v) is 6.12. The fraction of sp³-hybridized carbons (Fsp3) is 0.385. The van der Waals surface area contributed by atoms with Gasteiger partial charge in [-0.05, 0) is 31.0 Å². The number of nitrogens with one attached hydrogen (secondary N) is 1. The molecule has 1 aromatic carbocycles. The SMILES string of the molecule is N#Cc1cc(Cl)ccc1NCC1(C(=O)O)CCC1. The Morgan fingerprint density at radius 2 is 2.28 bits per heavy atom. The molecule has 0 amide bonds. The number of anilines is 1. The van der Waals surface area contributed by atoms with Crippen LogP contribution in [-0.2, 0) is 4.79 Å². The quantitative estimate of drug-likeness (QED) is 0.877. The lowest BCUT2D eigenvalue weighted by Gasteiger charge is -2.37. The second-order valence-electron chi connectivity index (χ2n) is 4.59. The van der Waals surface area contributed by atoms with E-state index in [1.807, 2.05) is 6.07 Å². The van der Waals surface area contributed by atoms with E-state index in [1.165, 1.54) is 0 Å². The first-order chi connectivity index (χ1) is 8.57. The molecule has 1 fully saturated rings. The maximum atomic E-state index is 11.2. The zero-order valence-electron chi connectivity index (χ0n) is 9.74. The van der Waals surface area contributed by atoms with Crippen LogP contribution >= 0.6 is 11.6 Å². The van der Waals surface area contributed by atoms with Gasteiger partial charge in [0.1, 0.15) is 6.07 Å². The number of nitrogens with zero attached hydrogens (tertiary/aromatic N) is 1. The molecule has 0 aliphatic heterocycles. The van der Waals surface area contributed by atoms with Gasteiger partial charge in [-0.25, -0.2) is 0 Å². The molecule has 0 aromatic heterocycles. The van der Waals surface area contributed by atoms with Gasteiger partial charge in [0.15, 0.2) is 0 Å². The molecule has 2 rings (SSSR count). The number of nitriles is 1. The molecule has 1 aliphatic rings. The molecule has 5 heteroatoms. The van der Waals surface area contributed by atoms with Crippen molar-refractivity contribution in [2.75, 3.05) is 11.9 Å². The number of carbonyl (C=O) groups is 1. The highest BCUT2D eigenvalue weighted by Gasteiger charge is 2.44. The van der Waals surface area contributed by atoms with Gasteiger partial charge in [-0.2, -0.15) is 5.26 Å². The third-order valence-electron chi connectivity index (χ3n) is 3.48. The summed E-state index contributed by atoms with van der Waals surface area (Å²) in [6, 6.07) is 6.99. The summed E-state index contributed by atoms with van der Waals surface area (Å²) in [5.41, 5.74) is 0.392. The highest BCUT2D eigenvalue weighted by Crippen LogP contribution is 2.41. The minimum atomic E-state index is -0.770. The third kappa shape index (κ3) is 2.27. The van der Waals surface area contributed by atoms with Gasteiger partial charge in [-0.15, -0.1) is 0 Å². The maximum Gasteiger partial charge on any atom is 0.311 e. The van der Waals surface area contributed by atoms with Crippen molar-refractivity contribution in [3.05, 3.63) is 28.8 Å². The standard InChI is InChI=1S/C13H13ClN2O2/c14-10-2-3-11(9(6-10)7-15)16-8-13(12(17)18)4-1-5-13/h2-3,6,16H,1,4-5,8H2,(H,17,18). The van der Waals surface area contributed by atoms with Crippen LogP contribution in [0.1, 0.15) is 24.8 Å². The predicted molar refractivity (Wildman–Crippen MR) is 68.6 cm³/mol. The van der Waals surface area contributed by atoms with Gasteiger partial charge in [0.2, 0.25) is 0 Å². The molecule has 2 N–H and O–H groups in total. The van der Waals surface area contributed by atoms with Crippen molar-refractivity contribution in [3.8, 4) is 6.07 Å². The Morgan fingerprint density at radius 3 is 2.78 bits per heavy atom. The summed E-state index contributed by atoms with van der Waals surface area (Å²) in [6.07, 6.45) is 2.31. The molecular formula is C13H13ClN2O2. The van der Waals surface area contributed by atoms with Crippen LogP contribution in [-0.4, -0.2) is 17.6 Å². The smallest absolute Gasteiger partial charge is 0.311 e. The van der Waals surface area contributed by atoms with E-state index in [9.17, 15) is 9.90 Å². The molecule has 1 aliphatic carbocycles. The molecule has 1 aromatic rings. The lowest BCUT2D eigenvalue weighted by atomic mass is 9.69. The van der Waals surface area contributed by atoms with Crippen LogP contribution in [0, 0.1) is 16.7 Å². The summed E-state index contributed by atoms with van der Waals surface area (Å²) in [4.78, 5) is 11.2. The fourth-order valence-electron chi connectivity index (χ4n) is 2.10. The molecule has 0 atom stereocenters. The first kappa shape index (κ1) is 12.7. The Hall–Kier alpha value is -1.73. The molecule has 18 heavy (non-hydrogen) atoms. The van der Waals surface area contributed by atoms with Crippen molar-refractivity contribution in [2.45, 2.75) is 19.3 Å². The topological polar surface area (TPSA) is 73.1 Å². The number of hydrogen-bond acceptors (Lipinski definition) is 3. The average Bonchev–Trinajstić information content (AvgIpc) is 2.28. The Labute approximate surface area is 110 Å².